The molecular weight excluding hydrogens is 268 g/mol. The van der Waals surface area contributed by atoms with Crippen molar-refractivity contribution in [1.82, 2.24) is 10.6 Å². The SMILES string of the molecule is CSCC(C)CNC(=O)NC(=O)CC(C)CC(=O)O. The third-order valence-electron chi connectivity index (χ3n) is 2.37. The molecular formula is C12H22N2O4S. The normalized spacial score (nSPS) is 13.4. The van der Waals surface area contributed by atoms with Gasteiger partial charge in [-0.25, -0.2) is 4.79 Å². The Kier molecular flexibility index (Phi) is 9.03. The highest BCUT2D eigenvalue weighted by molar-refractivity contribution is 7.98. The van der Waals surface area contributed by atoms with Gasteiger partial charge in [0.1, 0.15) is 0 Å². The summed E-state index contributed by atoms with van der Waals surface area (Å²) in [6, 6.07) is -0.527. The Balaban J connectivity index is 3.86. The van der Waals surface area contributed by atoms with Gasteiger partial charge in [0.15, 0.2) is 0 Å². The first kappa shape index (κ1) is 17.8. The quantitative estimate of drug-likeness (QED) is 0.626. The molecule has 0 saturated carbocycles. The fourth-order valence-corrected chi connectivity index (χ4v) is 2.21. The Bertz CT molecular complexity index is 323. The van der Waals surface area contributed by atoms with Crippen molar-refractivity contribution in [1.29, 1.82) is 0 Å². The molecule has 3 N–H and O–H groups in total. The standard InChI is InChI=1S/C12H22N2O4S/c1-8(5-11(16)17)4-10(15)14-12(18)13-6-9(2)7-19-3/h8-9H,4-7H2,1-3H3,(H,16,17)(H2,13,14,15,18). The highest BCUT2D eigenvalue weighted by Gasteiger charge is 2.14. The van der Waals surface area contributed by atoms with Crippen LogP contribution in [-0.4, -0.2) is 41.6 Å². The predicted molar refractivity (Wildman–Crippen MR) is 75.1 cm³/mol. The highest BCUT2D eigenvalue weighted by Crippen LogP contribution is 2.06. The number of carboxylic acid groups (broad SMARTS) is 1. The lowest BCUT2D eigenvalue weighted by Gasteiger charge is -2.12. The fourth-order valence-electron chi connectivity index (χ4n) is 1.52. The van der Waals surface area contributed by atoms with Crippen LogP contribution in [0.2, 0.25) is 0 Å². The van der Waals surface area contributed by atoms with Gasteiger partial charge in [0.05, 0.1) is 0 Å². The predicted octanol–water partition coefficient (Wildman–Crippen LogP) is 1.31. The summed E-state index contributed by atoms with van der Waals surface area (Å²) in [6.07, 6.45) is 1.93. The number of hydrogen-bond acceptors (Lipinski definition) is 4. The van der Waals surface area contributed by atoms with Crippen molar-refractivity contribution in [2.45, 2.75) is 26.7 Å². The molecule has 0 rings (SSSR count). The lowest BCUT2D eigenvalue weighted by Crippen LogP contribution is -2.41. The number of amides is 3. The number of thioether (sulfide) groups is 1. The second-order valence-electron chi connectivity index (χ2n) is 4.73. The molecule has 6 nitrogen and oxygen atoms in total. The molecule has 0 radical (unpaired) electrons. The van der Waals surface area contributed by atoms with E-state index in [-0.39, 0.29) is 18.8 Å². The topological polar surface area (TPSA) is 95.5 Å². The molecule has 2 unspecified atom stereocenters. The molecule has 0 aliphatic heterocycles. The van der Waals surface area contributed by atoms with Crippen molar-refractivity contribution in [2.75, 3.05) is 18.6 Å². The fraction of sp³-hybridized carbons (Fsp3) is 0.750. The average molecular weight is 290 g/mol. The van der Waals surface area contributed by atoms with E-state index >= 15 is 0 Å². The monoisotopic (exact) mass is 290 g/mol. The Labute approximate surface area is 117 Å². The van der Waals surface area contributed by atoms with Crippen molar-refractivity contribution in [3.8, 4) is 0 Å². The Hall–Kier alpha value is -1.24. The molecule has 0 bridgehead atoms. The van der Waals surface area contributed by atoms with Crippen LogP contribution in [0, 0.1) is 11.8 Å². The minimum atomic E-state index is -0.948. The zero-order valence-corrected chi connectivity index (χ0v) is 12.4. The molecule has 0 aromatic rings. The van der Waals surface area contributed by atoms with Gasteiger partial charge in [0.25, 0.3) is 0 Å². The molecule has 3 amide bonds. The summed E-state index contributed by atoms with van der Waals surface area (Å²) >= 11 is 1.70. The van der Waals surface area contributed by atoms with Crippen molar-refractivity contribution in [2.24, 2.45) is 11.8 Å². The molecule has 0 aliphatic carbocycles. The number of urea groups is 1. The summed E-state index contributed by atoms with van der Waals surface area (Å²) < 4.78 is 0. The number of nitrogens with one attached hydrogen (secondary N) is 2. The van der Waals surface area contributed by atoms with E-state index in [4.69, 9.17) is 5.11 Å². The number of carbonyl (C=O) groups is 3. The molecule has 19 heavy (non-hydrogen) atoms. The average Bonchev–Trinajstić information content (AvgIpc) is 2.25. The van der Waals surface area contributed by atoms with Gasteiger partial charge in [-0.1, -0.05) is 13.8 Å². The maximum absolute atomic E-state index is 11.4. The minimum Gasteiger partial charge on any atom is -0.481 e. The van der Waals surface area contributed by atoms with E-state index in [0.717, 1.165) is 5.75 Å². The van der Waals surface area contributed by atoms with Crippen molar-refractivity contribution < 1.29 is 19.5 Å². The van der Waals surface area contributed by atoms with E-state index in [1.165, 1.54) is 0 Å². The third-order valence-corrected chi connectivity index (χ3v) is 3.27. The van der Waals surface area contributed by atoms with Crippen LogP contribution in [0.1, 0.15) is 26.7 Å². The molecule has 7 heteroatoms. The van der Waals surface area contributed by atoms with Gasteiger partial charge in [-0.3, -0.25) is 14.9 Å². The summed E-state index contributed by atoms with van der Waals surface area (Å²) in [5, 5.41) is 13.4. The Morgan fingerprint density at radius 2 is 1.79 bits per heavy atom. The lowest BCUT2D eigenvalue weighted by molar-refractivity contribution is -0.138. The molecule has 0 heterocycles. The zero-order chi connectivity index (χ0) is 14.8. The molecule has 0 saturated heterocycles. The van der Waals surface area contributed by atoms with E-state index in [1.807, 2.05) is 13.2 Å². The zero-order valence-electron chi connectivity index (χ0n) is 11.6. The van der Waals surface area contributed by atoms with Gasteiger partial charge < -0.3 is 10.4 Å². The van der Waals surface area contributed by atoms with Crippen LogP contribution in [-0.2, 0) is 9.59 Å². The van der Waals surface area contributed by atoms with Crippen LogP contribution in [0.25, 0.3) is 0 Å². The molecule has 0 aliphatic rings. The maximum Gasteiger partial charge on any atom is 0.321 e. The van der Waals surface area contributed by atoms with Crippen LogP contribution in [0.15, 0.2) is 0 Å². The number of carboxylic acids is 1. The van der Waals surface area contributed by atoms with E-state index in [2.05, 4.69) is 10.6 Å². The van der Waals surface area contributed by atoms with Gasteiger partial charge in [-0.2, -0.15) is 11.8 Å². The van der Waals surface area contributed by atoms with E-state index in [9.17, 15) is 14.4 Å². The molecule has 0 aromatic carbocycles. The maximum atomic E-state index is 11.4. The summed E-state index contributed by atoms with van der Waals surface area (Å²) in [6.45, 7) is 4.17. The van der Waals surface area contributed by atoms with Crippen LogP contribution in [0.4, 0.5) is 4.79 Å². The third kappa shape index (κ3) is 10.4. The Morgan fingerprint density at radius 1 is 1.16 bits per heavy atom. The largest absolute Gasteiger partial charge is 0.481 e. The first-order valence-corrected chi connectivity index (χ1v) is 7.53. The van der Waals surface area contributed by atoms with E-state index in [0.29, 0.717) is 12.5 Å². The van der Waals surface area contributed by atoms with Gasteiger partial charge in [-0.05, 0) is 23.8 Å². The lowest BCUT2D eigenvalue weighted by atomic mass is 10.0. The second kappa shape index (κ2) is 9.66. The van der Waals surface area contributed by atoms with Gasteiger partial charge in [0.2, 0.25) is 5.91 Å². The van der Waals surface area contributed by atoms with Crippen molar-refractivity contribution >= 4 is 29.7 Å². The van der Waals surface area contributed by atoms with Gasteiger partial charge in [-0.15, -0.1) is 0 Å². The number of hydrogen-bond donors (Lipinski definition) is 3. The second-order valence-corrected chi connectivity index (χ2v) is 5.64. The first-order chi connectivity index (χ1) is 8.85. The summed E-state index contributed by atoms with van der Waals surface area (Å²) in [7, 11) is 0. The summed E-state index contributed by atoms with van der Waals surface area (Å²) in [4.78, 5) is 33.3. The number of aliphatic carboxylic acids is 1. The molecule has 0 spiro atoms. The highest BCUT2D eigenvalue weighted by atomic mass is 32.2. The molecule has 0 fully saturated rings. The molecule has 110 valence electrons. The van der Waals surface area contributed by atoms with Crippen LogP contribution < -0.4 is 10.6 Å². The van der Waals surface area contributed by atoms with Gasteiger partial charge >= 0.3 is 12.0 Å². The van der Waals surface area contributed by atoms with E-state index < -0.39 is 17.9 Å². The molecule has 2 atom stereocenters. The van der Waals surface area contributed by atoms with Gasteiger partial charge in [0, 0.05) is 19.4 Å². The minimum absolute atomic E-state index is 0.0279. The summed E-state index contributed by atoms with van der Waals surface area (Å²) in [5.41, 5.74) is 0. The number of imide groups is 1. The smallest absolute Gasteiger partial charge is 0.321 e. The number of carbonyl (C=O) groups excluding carboxylic acids is 2. The van der Waals surface area contributed by atoms with Crippen LogP contribution in [0.5, 0.6) is 0 Å². The first-order valence-electron chi connectivity index (χ1n) is 6.13. The number of rotatable bonds is 8. The van der Waals surface area contributed by atoms with Crippen LogP contribution in [0.3, 0.4) is 0 Å². The van der Waals surface area contributed by atoms with Crippen molar-refractivity contribution in [3.63, 3.8) is 0 Å². The van der Waals surface area contributed by atoms with E-state index in [1.54, 1.807) is 18.7 Å². The Morgan fingerprint density at radius 3 is 2.32 bits per heavy atom. The van der Waals surface area contributed by atoms with Crippen molar-refractivity contribution in [3.05, 3.63) is 0 Å². The molecule has 0 aromatic heterocycles. The summed E-state index contributed by atoms with van der Waals surface area (Å²) in [5.74, 6) is -0.425. The van der Waals surface area contributed by atoms with Crippen LogP contribution >= 0.6 is 11.8 Å².